The molecular weight excluding hydrogens is 416 g/mol. The van der Waals surface area contributed by atoms with Gasteiger partial charge in [-0.05, 0) is 59.4 Å². The second-order valence-corrected chi connectivity index (χ2v) is 8.35. The maximum atomic E-state index is 12.9. The van der Waals surface area contributed by atoms with E-state index in [1.807, 2.05) is 37.3 Å². The molecule has 0 saturated heterocycles. The molecule has 0 saturated carbocycles. The van der Waals surface area contributed by atoms with Gasteiger partial charge in [0.25, 0.3) is 0 Å². The molecule has 0 unspecified atom stereocenters. The summed E-state index contributed by atoms with van der Waals surface area (Å²) in [6, 6.07) is 18.7. The number of methoxy groups -OCH3 is 1. The Hall–Kier alpha value is -3.86. The molecule has 168 valence electrons. The number of carbonyl (C=O) groups is 2. The summed E-state index contributed by atoms with van der Waals surface area (Å²) in [5, 5.41) is 0. The molecule has 0 radical (unpaired) electrons. The Morgan fingerprint density at radius 1 is 1.03 bits per heavy atom. The van der Waals surface area contributed by atoms with Crippen molar-refractivity contribution in [2.45, 2.75) is 33.3 Å². The molecule has 1 heterocycles. The van der Waals surface area contributed by atoms with Crippen LogP contribution in [0.5, 0.6) is 11.5 Å². The van der Waals surface area contributed by atoms with Crippen LogP contribution < -0.4 is 9.47 Å². The monoisotopic (exact) mass is 442 g/mol. The number of hydrogen-bond donors (Lipinski definition) is 0. The molecule has 0 aliphatic carbocycles. The number of ketones is 1. The van der Waals surface area contributed by atoms with Crippen LogP contribution in [0.3, 0.4) is 0 Å². The average Bonchev–Trinajstić information content (AvgIpc) is 3.13. The van der Waals surface area contributed by atoms with E-state index < -0.39 is 0 Å². The lowest BCUT2D eigenvalue weighted by Crippen LogP contribution is -2.02. The van der Waals surface area contributed by atoms with E-state index in [1.165, 1.54) is 12.7 Å². The molecule has 3 aromatic carbocycles. The molecule has 0 N–H and O–H groups in total. The Labute approximate surface area is 193 Å². The molecule has 5 heteroatoms. The SMILES string of the molecule is COC(=O)c1ccc(COc2cc(C)c3c(c2)O/C(=C\c2ccc(C(C)C)cc2)C3=O)cc1. The Balaban J connectivity index is 1.49. The minimum Gasteiger partial charge on any atom is -0.489 e. The number of esters is 1. The van der Waals surface area contributed by atoms with Gasteiger partial charge in [0.05, 0.1) is 18.2 Å². The summed E-state index contributed by atoms with van der Waals surface area (Å²) in [5.74, 6) is 1.37. The van der Waals surface area contributed by atoms with Gasteiger partial charge in [0.1, 0.15) is 18.1 Å². The van der Waals surface area contributed by atoms with Crippen LogP contribution in [-0.2, 0) is 11.3 Å². The number of Topliss-reactive ketones (excluding diaryl/α,β-unsaturated/α-hetero) is 1. The van der Waals surface area contributed by atoms with Crippen molar-refractivity contribution in [1.29, 1.82) is 0 Å². The predicted octanol–water partition coefficient (Wildman–Crippen LogP) is 6.10. The van der Waals surface area contributed by atoms with Crippen molar-refractivity contribution in [3.8, 4) is 11.5 Å². The average molecular weight is 443 g/mol. The molecule has 0 aromatic heterocycles. The smallest absolute Gasteiger partial charge is 0.337 e. The Morgan fingerprint density at radius 2 is 1.73 bits per heavy atom. The van der Waals surface area contributed by atoms with Crippen LogP contribution in [0.15, 0.2) is 66.4 Å². The molecule has 1 aliphatic rings. The van der Waals surface area contributed by atoms with Gasteiger partial charge in [0.15, 0.2) is 5.76 Å². The number of carbonyl (C=O) groups excluding carboxylic acids is 2. The topological polar surface area (TPSA) is 61.8 Å². The van der Waals surface area contributed by atoms with Crippen molar-refractivity contribution in [2.24, 2.45) is 0 Å². The molecular formula is C28H26O5. The lowest BCUT2D eigenvalue weighted by Gasteiger charge is -2.09. The maximum absolute atomic E-state index is 12.9. The minimum atomic E-state index is -0.377. The van der Waals surface area contributed by atoms with Gasteiger partial charge in [-0.2, -0.15) is 0 Å². The van der Waals surface area contributed by atoms with Crippen LogP contribution >= 0.6 is 0 Å². The van der Waals surface area contributed by atoms with E-state index in [4.69, 9.17) is 14.2 Å². The molecule has 3 aromatic rings. The lowest BCUT2D eigenvalue weighted by atomic mass is 10.0. The van der Waals surface area contributed by atoms with Crippen molar-refractivity contribution in [3.63, 3.8) is 0 Å². The van der Waals surface area contributed by atoms with E-state index in [0.717, 1.165) is 16.7 Å². The zero-order valence-corrected chi connectivity index (χ0v) is 19.2. The summed E-state index contributed by atoms with van der Waals surface area (Å²) < 4.78 is 16.5. The van der Waals surface area contributed by atoms with Gasteiger partial charge in [-0.25, -0.2) is 4.79 Å². The largest absolute Gasteiger partial charge is 0.489 e. The molecule has 0 spiro atoms. The number of hydrogen-bond acceptors (Lipinski definition) is 5. The van der Waals surface area contributed by atoms with Crippen LogP contribution in [0.2, 0.25) is 0 Å². The fourth-order valence-electron chi connectivity index (χ4n) is 3.71. The fraction of sp³-hybridized carbons (Fsp3) is 0.214. The van der Waals surface area contributed by atoms with Crippen molar-refractivity contribution in [1.82, 2.24) is 0 Å². The second kappa shape index (κ2) is 9.33. The number of aryl methyl sites for hydroxylation is 1. The number of allylic oxidation sites excluding steroid dienone is 1. The van der Waals surface area contributed by atoms with Gasteiger partial charge in [0, 0.05) is 6.07 Å². The molecule has 0 fully saturated rings. The van der Waals surface area contributed by atoms with Gasteiger partial charge < -0.3 is 14.2 Å². The van der Waals surface area contributed by atoms with E-state index in [2.05, 4.69) is 26.0 Å². The Bertz CT molecular complexity index is 1220. The first kappa shape index (κ1) is 22.3. The highest BCUT2D eigenvalue weighted by Crippen LogP contribution is 2.37. The number of fused-ring (bicyclic) bond motifs is 1. The minimum absolute atomic E-state index is 0.125. The van der Waals surface area contributed by atoms with Crippen LogP contribution in [0.1, 0.15) is 62.7 Å². The first-order valence-corrected chi connectivity index (χ1v) is 10.8. The van der Waals surface area contributed by atoms with Gasteiger partial charge in [-0.15, -0.1) is 0 Å². The zero-order valence-electron chi connectivity index (χ0n) is 19.2. The second-order valence-electron chi connectivity index (χ2n) is 8.35. The van der Waals surface area contributed by atoms with Gasteiger partial charge >= 0.3 is 5.97 Å². The highest BCUT2D eigenvalue weighted by molar-refractivity contribution is 6.15. The van der Waals surface area contributed by atoms with Crippen LogP contribution in [0, 0.1) is 6.92 Å². The predicted molar refractivity (Wildman–Crippen MR) is 127 cm³/mol. The van der Waals surface area contributed by atoms with E-state index in [1.54, 1.807) is 24.3 Å². The summed E-state index contributed by atoms with van der Waals surface area (Å²) in [5.41, 5.74) is 4.92. The highest BCUT2D eigenvalue weighted by atomic mass is 16.5. The molecule has 1 aliphatic heterocycles. The summed E-state index contributed by atoms with van der Waals surface area (Å²) in [6.45, 7) is 6.48. The molecule has 5 nitrogen and oxygen atoms in total. The summed E-state index contributed by atoms with van der Waals surface area (Å²) >= 11 is 0. The van der Waals surface area contributed by atoms with Crippen LogP contribution in [-0.4, -0.2) is 18.9 Å². The molecule has 0 amide bonds. The normalized spacial score (nSPS) is 13.7. The first-order valence-electron chi connectivity index (χ1n) is 10.8. The van der Waals surface area contributed by atoms with E-state index >= 15 is 0 Å². The fourth-order valence-corrected chi connectivity index (χ4v) is 3.71. The Kier molecular flexibility index (Phi) is 6.31. The standard InChI is InChI=1S/C28H26O5/c1-17(2)21-9-5-19(6-10-21)14-25-27(29)26-18(3)13-23(15-24(26)33-25)32-16-20-7-11-22(12-8-20)28(30)31-4/h5-15,17H,16H2,1-4H3/b25-14-. The molecule has 0 bridgehead atoms. The third kappa shape index (κ3) is 4.82. The number of benzene rings is 3. The van der Waals surface area contributed by atoms with Crippen molar-refractivity contribution >= 4 is 17.8 Å². The van der Waals surface area contributed by atoms with Crippen molar-refractivity contribution in [2.75, 3.05) is 7.11 Å². The molecule has 0 atom stereocenters. The quantitative estimate of drug-likeness (QED) is 0.341. The Morgan fingerprint density at radius 3 is 2.36 bits per heavy atom. The number of ether oxygens (including phenoxy) is 3. The summed E-state index contributed by atoms with van der Waals surface area (Å²) in [7, 11) is 1.35. The van der Waals surface area contributed by atoms with E-state index in [0.29, 0.717) is 40.9 Å². The van der Waals surface area contributed by atoms with Crippen LogP contribution in [0.4, 0.5) is 0 Å². The lowest BCUT2D eigenvalue weighted by molar-refractivity contribution is 0.0600. The third-order valence-corrected chi connectivity index (χ3v) is 5.63. The number of rotatable bonds is 6. The van der Waals surface area contributed by atoms with E-state index in [-0.39, 0.29) is 11.8 Å². The summed E-state index contributed by atoms with van der Waals surface area (Å²) in [4.78, 5) is 24.5. The highest BCUT2D eigenvalue weighted by Gasteiger charge is 2.30. The third-order valence-electron chi connectivity index (χ3n) is 5.63. The van der Waals surface area contributed by atoms with Gasteiger partial charge in [-0.3, -0.25) is 4.79 Å². The summed E-state index contributed by atoms with van der Waals surface area (Å²) in [6.07, 6.45) is 1.77. The van der Waals surface area contributed by atoms with Crippen LogP contribution in [0.25, 0.3) is 6.08 Å². The van der Waals surface area contributed by atoms with Crippen molar-refractivity contribution < 1.29 is 23.8 Å². The van der Waals surface area contributed by atoms with Crippen molar-refractivity contribution in [3.05, 3.63) is 99.8 Å². The zero-order chi connectivity index (χ0) is 23.5. The van der Waals surface area contributed by atoms with Gasteiger partial charge in [-0.1, -0.05) is 50.2 Å². The van der Waals surface area contributed by atoms with E-state index in [9.17, 15) is 9.59 Å². The molecule has 4 rings (SSSR count). The first-order chi connectivity index (χ1) is 15.9. The van der Waals surface area contributed by atoms with Gasteiger partial charge in [0.2, 0.25) is 5.78 Å². The molecule has 33 heavy (non-hydrogen) atoms. The maximum Gasteiger partial charge on any atom is 0.337 e.